The smallest absolute Gasteiger partial charge is 0.312 e. The Morgan fingerprint density at radius 3 is 2.86 bits per heavy atom. The van der Waals surface area contributed by atoms with Crippen LogP contribution in [0.2, 0.25) is 0 Å². The van der Waals surface area contributed by atoms with Crippen molar-refractivity contribution in [3.05, 3.63) is 18.0 Å². The van der Waals surface area contributed by atoms with Crippen molar-refractivity contribution in [1.82, 2.24) is 15.1 Å². The van der Waals surface area contributed by atoms with Gasteiger partial charge in [0.25, 0.3) is 0 Å². The second kappa shape index (κ2) is 3.09. The SMILES string of the molecule is Cn1cc(CC2(C(=O)O)CNC2)cn1. The Labute approximate surface area is 81.7 Å². The Bertz CT molecular complexity index is 355. The van der Waals surface area contributed by atoms with Crippen LogP contribution in [0.4, 0.5) is 0 Å². The van der Waals surface area contributed by atoms with Crippen molar-refractivity contribution in [2.75, 3.05) is 13.1 Å². The van der Waals surface area contributed by atoms with Crippen molar-refractivity contribution in [3.63, 3.8) is 0 Å². The number of aliphatic carboxylic acids is 1. The lowest BCUT2D eigenvalue weighted by Gasteiger charge is -2.38. The van der Waals surface area contributed by atoms with Gasteiger partial charge < -0.3 is 10.4 Å². The van der Waals surface area contributed by atoms with Crippen LogP contribution in [0.15, 0.2) is 12.4 Å². The summed E-state index contributed by atoms with van der Waals surface area (Å²) < 4.78 is 1.69. The van der Waals surface area contributed by atoms with Crippen molar-refractivity contribution in [1.29, 1.82) is 0 Å². The van der Waals surface area contributed by atoms with E-state index in [1.54, 1.807) is 10.9 Å². The molecule has 2 heterocycles. The topological polar surface area (TPSA) is 67.2 Å². The molecule has 0 radical (unpaired) electrons. The molecule has 1 aliphatic rings. The van der Waals surface area contributed by atoms with Gasteiger partial charge in [-0.05, 0) is 12.0 Å². The van der Waals surface area contributed by atoms with Gasteiger partial charge in [-0.2, -0.15) is 5.10 Å². The Hall–Kier alpha value is -1.36. The van der Waals surface area contributed by atoms with Crippen molar-refractivity contribution in [3.8, 4) is 0 Å². The number of aryl methyl sites for hydroxylation is 1. The number of carboxylic acid groups (broad SMARTS) is 1. The number of carboxylic acids is 1. The molecule has 5 heteroatoms. The maximum atomic E-state index is 11.0. The highest BCUT2D eigenvalue weighted by Gasteiger charge is 2.44. The standard InChI is InChI=1S/C9H13N3O2/c1-12-4-7(3-11-12)2-9(8(13)14)5-10-6-9/h3-4,10H,2,5-6H2,1H3,(H,13,14). The van der Waals surface area contributed by atoms with Crippen LogP contribution in [-0.2, 0) is 18.3 Å². The van der Waals surface area contributed by atoms with E-state index in [1.807, 2.05) is 13.2 Å². The van der Waals surface area contributed by atoms with Gasteiger partial charge in [-0.25, -0.2) is 0 Å². The molecule has 0 spiro atoms. The maximum absolute atomic E-state index is 11.0. The monoisotopic (exact) mass is 195 g/mol. The number of carbonyl (C=O) groups is 1. The number of nitrogens with zero attached hydrogens (tertiary/aromatic N) is 2. The fourth-order valence-electron chi connectivity index (χ4n) is 1.73. The van der Waals surface area contributed by atoms with Gasteiger partial charge in [-0.1, -0.05) is 0 Å². The predicted molar refractivity (Wildman–Crippen MR) is 49.9 cm³/mol. The zero-order valence-electron chi connectivity index (χ0n) is 8.03. The predicted octanol–water partition coefficient (Wildman–Crippen LogP) is -0.363. The maximum Gasteiger partial charge on any atom is 0.312 e. The van der Waals surface area contributed by atoms with E-state index in [0.717, 1.165) is 5.56 Å². The summed E-state index contributed by atoms with van der Waals surface area (Å²) in [6.45, 7) is 1.11. The lowest BCUT2D eigenvalue weighted by Crippen LogP contribution is -2.59. The molecular weight excluding hydrogens is 182 g/mol. The van der Waals surface area contributed by atoms with E-state index in [9.17, 15) is 4.79 Å². The summed E-state index contributed by atoms with van der Waals surface area (Å²) in [7, 11) is 1.83. The summed E-state index contributed by atoms with van der Waals surface area (Å²) in [5.41, 5.74) is 0.375. The summed E-state index contributed by atoms with van der Waals surface area (Å²) in [6, 6.07) is 0. The molecule has 0 aromatic carbocycles. The molecular formula is C9H13N3O2. The van der Waals surface area contributed by atoms with Gasteiger partial charge in [0.1, 0.15) is 0 Å². The molecule has 1 aromatic rings. The first-order valence-corrected chi connectivity index (χ1v) is 4.54. The third kappa shape index (κ3) is 1.39. The van der Waals surface area contributed by atoms with E-state index in [0.29, 0.717) is 19.5 Å². The molecule has 76 valence electrons. The average molecular weight is 195 g/mol. The molecule has 0 bridgehead atoms. The highest BCUT2D eigenvalue weighted by atomic mass is 16.4. The number of hydrogen-bond acceptors (Lipinski definition) is 3. The quantitative estimate of drug-likeness (QED) is 0.691. The van der Waals surface area contributed by atoms with Crippen molar-refractivity contribution in [2.24, 2.45) is 12.5 Å². The molecule has 5 nitrogen and oxygen atoms in total. The molecule has 14 heavy (non-hydrogen) atoms. The molecule has 0 saturated carbocycles. The Morgan fingerprint density at radius 1 is 1.79 bits per heavy atom. The zero-order chi connectivity index (χ0) is 10.2. The van der Waals surface area contributed by atoms with E-state index in [1.165, 1.54) is 0 Å². The minimum atomic E-state index is -0.722. The molecule has 1 fully saturated rings. The van der Waals surface area contributed by atoms with Gasteiger partial charge in [-0.15, -0.1) is 0 Å². The van der Waals surface area contributed by atoms with Gasteiger partial charge in [0, 0.05) is 26.3 Å². The largest absolute Gasteiger partial charge is 0.481 e. The molecule has 2 N–H and O–H groups in total. The first kappa shape index (κ1) is 9.21. The summed E-state index contributed by atoms with van der Waals surface area (Å²) in [4.78, 5) is 11.0. The molecule has 0 unspecified atom stereocenters. The fourth-order valence-corrected chi connectivity index (χ4v) is 1.73. The highest BCUT2D eigenvalue weighted by molar-refractivity contribution is 5.77. The van der Waals surface area contributed by atoms with Gasteiger partial charge >= 0.3 is 5.97 Å². The van der Waals surface area contributed by atoms with Crippen LogP contribution in [0.25, 0.3) is 0 Å². The highest BCUT2D eigenvalue weighted by Crippen LogP contribution is 2.27. The Morgan fingerprint density at radius 2 is 2.50 bits per heavy atom. The summed E-state index contributed by atoms with van der Waals surface area (Å²) >= 11 is 0. The van der Waals surface area contributed by atoms with Gasteiger partial charge in [0.15, 0.2) is 0 Å². The van der Waals surface area contributed by atoms with E-state index in [-0.39, 0.29) is 0 Å². The number of rotatable bonds is 3. The number of nitrogens with one attached hydrogen (secondary N) is 1. The average Bonchev–Trinajstić information content (AvgIpc) is 2.43. The first-order chi connectivity index (χ1) is 6.62. The minimum Gasteiger partial charge on any atom is -0.481 e. The molecule has 0 atom stereocenters. The zero-order valence-corrected chi connectivity index (χ0v) is 8.03. The number of aromatic nitrogens is 2. The third-order valence-electron chi connectivity index (χ3n) is 2.68. The van der Waals surface area contributed by atoms with Crippen molar-refractivity contribution >= 4 is 5.97 Å². The van der Waals surface area contributed by atoms with Crippen LogP contribution >= 0.6 is 0 Å². The van der Waals surface area contributed by atoms with Crippen LogP contribution in [0, 0.1) is 5.41 Å². The second-order valence-electron chi connectivity index (χ2n) is 3.89. The van der Waals surface area contributed by atoms with Crippen LogP contribution in [0.3, 0.4) is 0 Å². The summed E-state index contributed by atoms with van der Waals surface area (Å²) in [5.74, 6) is -0.722. The van der Waals surface area contributed by atoms with Gasteiger partial charge in [0.05, 0.1) is 11.6 Å². The van der Waals surface area contributed by atoms with Crippen LogP contribution < -0.4 is 5.32 Å². The van der Waals surface area contributed by atoms with E-state index < -0.39 is 11.4 Å². The molecule has 1 saturated heterocycles. The molecule has 0 amide bonds. The molecule has 1 aliphatic heterocycles. The fraction of sp³-hybridized carbons (Fsp3) is 0.556. The molecule has 1 aromatic heterocycles. The van der Waals surface area contributed by atoms with E-state index in [4.69, 9.17) is 5.11 Å². The summed E-state index contributed by atoms with van der Waals surface area (Å²) in [5, 5.41) is 16.1. The van der Waals surface area contributed by atoms with Crippen LogP contribution in [0.5, 0.6) is 0 Å². The first-order valence-electron chi connectivity index (χ1n) is 4.54. The van der Waals surface area contributed by atoms with E-state index in [2.05, 4.69) is 10.4 Å². The van der Waals surface area contributed by atoms with Gasteiger partial charge in [0.2, 0.25) is 0 Å². The minimum absolute atomic E-state index is 0.553. The number of hydrogen-bond donors (Lipinski definition) is 2. The van der Waals surface area contributed by atoms with Crippen molar-refractivity contribution < 1.29 is 9.90 Å². The molecule has 0 aliphatic carbocycles. The lowest BCUT2D eigenvalue weighted by atomic mass is 9.77. The van der Waals surface area contributed by atoms with Crippen LogP contribution in [0.1, 0.15) is 5.56 Å². The summed E-state index contributed by atoms with van der Waals surface area (Å²) in [6.07, 6.45) is 4.15. The second-order valence-corrected chi connectivity index (χ2v) is 3.89. The Balaban J connectivity index is 2.12. The lowest BCUT2D eigenvalue weighted by molar-refractivity contribution is -0.152. The third-order valence-corrected chi connectivity index (χ3v) is 2.68. The normalized spacial score (nSPS) is 18.9. The van der Waals surface area contributed by atoms with Crippen molar-refractivity contribution in [2.45, 2.75) is 6.42 Å². The van der Waals surface area contributed by atoms with E-state index >= 15 is 0 Å². The Kier molecular flexibility index (Phi) is 2.03. The molecule has 2 rings (SSSR count). The van der Waals surface area contributed by atoms with Crippen LogP contribution in [-0.4, -0.2) is 33.9 Å². The van der Waals surface area contributed by atoms with Gasteiger partial charge in [-0.3, -0.25) is 9.48 Å².